The van der Waals surface area contributed by atoms with Crippen molar-refractivity contribution in [3.8, 4) is 11.5 Å². The molecule has 2 rings (SSSR count). The number of para-hydroxylation sites is 1. The van der Waals surface area contributed by atoms with Crippen molar-refractivity contribution in [3.63, 3.8) is 0 Å². The number of thiocarbonyl (C=S) groups is 1. The average Bonchev–Trinajstić information content (AvgIpc) is 2.57. The van der Waals surface area contributed by atoms with E-state index in [1.807, 2.05) is 37.3 Å². The third-order valence-electron chi connectivity index (χ3n) is 3.43. The fourth-order valence-electron chi connectivity index (χ4n) is 2.28. The Balaban J connectivity index is 2.02. The van der Waals surface area contributed by atoms with Crippen molar-refractivity contribution in [1.29, 1.82) is 0 Å². The summed E-state index contributed by atoms with van der Waals surface area (Å²) in [6.07, 6.45) is 1.64. The second-order valence-corrected chi connectivity index (χ2v) is 5.63. The minimum atomic E-state index is 0.417. The first kappa shape index (κ1) is 17.7. The Bertz CT molecular complexity index is 760. The molecule has 0 amide bonds. The van der Waals surface area contributed by atoms with Gasteiger partial charge < -0.3 is 14.8 Å². The molecule has 0 aliphatic heterocycles. The predicted molar refractivity (Wildman–Crippen MR) is 102 cm³/mol. The minimum absolute atomic E-state index is 0.417. The van der Waals surface area contributed by atoms with E-state index in [9.17, 15) is 0 Å². The molecular formula is C18H21N3O2S. The smallest absolute Gasteiger partial charge is 0.191 e. The molecule has 2 N–H and O–H groups in total. The second kappa shape index (κ2) is 8.31. The number of nitrogens with one attached hydrogen (secondary N) is 2. The molecule has 0 aliphatic rings. The zero-order valence-electron chi connectivity index (χ0n) is 14.2. The normalized spacial score (nSPS) is 10.5. The molecule has 126 valence electrons. The molecule has 0 aromatic heterocycles. The fraction of sp³-hybridized carbons (Fsp3) is 0.222. The van der Waals surface area contributed by atoms with E-state index in [2.05, 4.69) is 28.8 Å². The van der Waals surface area contributed by atoms with Gasteiger partial charge in [-0.2, -0.15) is 5.10 Å². The van der Waals surface area contributed by atoms with Crippen LogP contribution in [0.3, 0.4) is 0 Å². The Kier molecular flexibility index (Phi) is 6.14. The van der Waals surface area contributed by atoms with Crippen LogP contribution in [0.25, 0.3) is 0 Å². The predicted octanol–water partition coefficient (Wildman–Crippen LogP) is 3.64. The number of benzene rings is 2. The van der Waals surface area contributed by atoms with Gasteiger partial charge >= 0.3 is 0 Å². The van der Waals surface area contributed by atoms with Crippen LogP contribution in [-0.2, 0) is 0 Å². The number of aryl methyl sites for hydroxylation is 2. The van der Waals surface area contributed by atoms with Crippen LogP contribution in [0.5, 0.6) is 11.5 Å². The first-order chi connectivity index (χ1) is 11.5. The Hall–Kier alpha value is -2.60. The molecule has 2 aromatic rings. The third kappa shape index (κ3) is 4.45. The SMILES string of the molecule is COc1cccc(/C=N/NC(=S)Nc2ccc(C)cc2C)c1OC. The van der Waals surface area contributed by atoms with Crippen LogP contribution in [0.4, 0.5) is 5.69 Å². The summed E-state index contributed by atoms with van der Waals surface area (Å²) in [6, 6.07) is 11.7. The summed E-state index contributed by atoms with van der Waals surface area (Å²) in [5, 5.41) is 7.70. The lowest BCUT2D eigenvalue weighted by molar-refractivity contribution is 0.354. The molecule has 0 radical (unpaired) electrons. The Labute approximate surface area is 147 Å². The van der Waals surface area contributed by atoms with Crippen LogP contribution in [0, 0.1) is 13.8 Å². The van der Waals surface area contributed by atoms with Gasteiger partial charge in [-0.3, -0.25) is 5.43 Å². The number of rotatable bonds is 5. The minimum Gasteiger partial charge on any atom is -0.493 e. The molecule has 0 bridgehead atoms. The van der Waals surface area contributed by atoms with Gasteiger partial charge in [-0.15, -0.1) is 0 Å². The summed E-state index contributed by atoms with van der Waals surface area (Å²) in [6.45, 7) is 4.08. The van der Waals surface area contributed by atoms with Crippen molar-refractivity contribution in [2.45, 2.75) is 13.8 Å². The molecule has 0 aliphatic carbocycles. The van der Waals surface area contributed by atoms with Crippen LogP contribution >= 0.6 is 12.2 Å². The van der Waals surface area contributed by atoms with Crippen molar-refractivity contribution in [2.24, 2.45) is 5.10 Å². The molecular weight excluding hydrogens is 322 g/mol. The van der Waals surface area contributed by atoms with E-state index < -0.39 is 0 Å². The number of methoxy groups -OCH3 is 2. The highest BCUT2D eigenvalue weighted by Crippen LogP contribution is 2.29. The van der Waals surface area contributed by atoms with Crippen LogP contribution in [0.1, 0.15) is 16.7 Å². The van der Waals surface area contributed by atoms with Crippen molar-refractivity contribution in [2.75, 3.05) is 19.5 Å². The summed E-state index contributed by atoms with van der Waals surface area (Å²) in [4.78, 5) is 0. The zero-order chi connectivity index (χ0) is 17.5. The van der Waals surface area contributed by atoms with E-state index in [-0.39, 0.29) is 0 Å². The topological polar surface area (TPSA) is 54.9 Å². The lowest BCUT2D eigenvalue weighted by atomic mass is 10.1. The van der Waals surface area contributed by atoms with E-state index in [1.165, 1.54) is 5.56 Å². The van der Waals surface area contributed by atoms with Gasteiger partial charge in [0.1, 0.15) is 0 Å². The molecule has 0 fully saturated rings. The highest BCUT2D eigenvalue weighted by molar-refractivity contribution is 7.80. The Morgan fingerprint density at radius 1 is 1.12 bits per heavy atom. The van der Waals surface area contributed by atoms with Crippen LogP contribution in [-0.4, -0.2) is 25.5 Å². The van der Waals surface area contributed by atoms with Gasteiger partial charge in [0.25, 0.3) is 0 Å². The summed E-state index contributed by atoms with van der Waals surface area (Å²) in [5.41, 5.74) is 6.88. The Morgan fingerprint density at radius 2 is 1.92 bits per heavy atom. The van der Waals surface area contributed by atoms with E-state index >= 15 is 0 Å². The summed E-state index contributed by atoms with van der Waals surface area (Å²) >= 11 is 5.26. The number of hydrazone groups is 1. The molecule has 0 saturated heterocycles. The van der Waals surface area contributed by atoms with Gasteiger partial charge in [0, 0.05) is 11.3 Å². The molecule has 0 heterocycles. The second-order valence-electron chi connectivity index (χ2n) is 5.23. The molecule has 0 saturated carbocycles. The van der Waals surface area contributed by atoms with Gasteiger partial charge in [0.15, 0.2) is 16.6 Å². The lowest BCUT2D eigenvalue weighted by Gasteiger charge is -2.11. The van der Waals surface area contributed by atoms with Crippen molar-refractivity contribution in [1.82, 2.24) is 5.43 Å². The average molecular weight is 343 g/mol. The lowest BCUT2D eigenvalue weighted by Crippen LogP contribution is -2.24. The third-order valence-corrected chi connectivity index (χ3v) is 3.63. The van der Waals surface area contributed by atoms with E-state index in [1.54, 1.807) is 20.4 Å². The number of hydrogen-bond donors (Lipinski definition) is 2. The molecule has 2 aromatic carbocycles. The monoisotopic (exact) mass is 343 g/mol. The van der Waals surface area contributed by atoms with E-state index in [0.717, 1.165) is 16.8 Å². The molecule has 24 heavy (non-hydrogen) atoms. The van der Waals surface area contributed by atoms with E-state index in [0.29, 0.717) is 16.6 Å². The zero-order valence-corrected chi connectivity index (χ0v) is 15.0. The van der Waals surface area contributed by atoms with Crippen LogP contribution in [0.2, 0.25) is 0 Å². The summed E-state index contributed by atoms with van der Waals surface area (Å²) < 4.78 is 10.6. The van der Waals surface area contributed by atoms with E-state index in [4.69, 9.17) is 21.7 Å². The molecule has 0 atom stereocenters. The number of hydrogen-bond acceptors (Lipinski definition) is 4. The Morgan fingerprint density at radius 3 is 2.58 bits per heavy atom. The maximum absolute atomic E-state index is 5.35. The van der Waals surface area contributed by atoms with Gasteiger partial charge in [-0.1, -0.05) is 23.8 Å². The molecule has 6 heteroatoms. The maximum atomic E-state index is 5.35. The van der Waals surface area contributed by atoms with Crippen molar-refractivity contribution >= 4 is 29.2 Å². The first-order valence-corrected chi connectivity index (χ1v) is 7.84. The number of anilines is 1. The highest BCUT2D eigenvalue weighted by Gasteiger charge is 2.07. The maximum Gasteiger partial charge on any atom is 0.191 e. The number of nitrogens with zero attached hydrogens (tertiary/aromatic N) is 1. The molecule has 5 nitrogen and oxygen atoms in total. The largest absolute Gasteiger partial charge is 0.493 e. The standard InChI is InChI=1S/C18H21N3O2S/c1-12-8-9-15(13(2)10-12)20-18(24)21-19-11-14-6-5-7-16(22-3)17(14)23-4/h5-11H,1-4H3,(H2,20,21,24)/b19-11+. The summed E-state index contributed by atoms with van der Waals surface area (Å²) in [7, 11) is 3.19. The highest BCUT2D eigenvalue weighted by atomic mass is 32.1. The fourth-order valence-corrected chi connectivity index (χ4v) is 2.44. The summed E-state index contributed by atoms with van der Waals surface area (Å²) in [5.74, 6) is 1.27. The van der Waals surface area contributed by atoms with Crippen molar-refractivity contribution < 1.29 is 9.47 Å². The van der Waals surface area contributed by atoms with Crippen LogP contribution in [0.15, 0.2) is 41.5 Å². The molecule has 0 unspecified atom stereocenters. The van der Waals surface area contributed by atoms with Gasteiger partial charge in [0.05, 0.1) is 20.4 Å². The van der Waals surface area contributed by atoms with Gasteiger partial charge in [-0.25, -0.2) is 0 Å². The quantitative estimate of drug-likeness (QED) is 0.493. The van der Waals surface area contributed by atoms with Crippen LogP contribution < -0.4 is 20.2 Å². The number of ether oxygens (including phenoxy) is 2. The first-order valence-electron chi connectivity index (χ1n) is 7.43. The molecule has 0 spiro atoms. The van der Waals surface area contributed by atoms with Crippen molar-refractivity contribution in [3.05, 3.63) is 53.1 Å². The van der Waals surface area contributed by atoms with Gasteiger partial charge in [0.2, 0.25) is 0 Å². The van der Waals surface area contributed by atoms with Gasteiger partial charge in [-0.05, 0) is 49.8 Å².